The lowest BCUT2D eigenvalue weighted by molar-refractivity contribution is -0.118. The number of hydrogen-bond acceptors (Lipinski definition) is 3. The van der Waals surface area contributed by atoms with Crippen LogP contribution in [0.4, 0.5) is 0 Å². The van der Waals surface area contributed by atoms with Crippen LogP contribution in [0.15, 0.2) is 12.5 Å². The summed E-state index contributed by atoms with van der Waals surface area (Å²) in [5, 5.41) is 8.80. The summed E-state index contributed by atoms with van der Waals surface area (Å²) < 4.78 is 1.70. The Kier molecular flexibility index (Phi) is 2.82. The molecular weight excluding hydrogens is 158 g/mol. The molecule has 0 aliphatic carbocycles. The Morgan fingerprint density at radius 3 is 3.08 bits per heavy atom. The van der Waals surface area contributed by atoms with Crippen LogP contribution in [0.3, 0.4) is 0 Å². The molecule has 1 aromatic heterocycles. The molecule has 1 rings (SSSR count). The lowest BCUT2D eigenvalue weighted by atomic mass is 10.4. The maximum absolute atomic E-state index is 10.4. The van der Waals surface area contributed by atoms with Crippen molar-refractivity contribution in [2.75, 3.05) is 0 Å². The van der Waals surface area contributed by atoms with E-state index < -0.39 is 0 Å². The highest BCUT2D eigenvalue weighted by atomic mass is 16.3. The first-order chi connectivity index (χ1) is 5.74. The summed E-state index contributed by atoms with van der Waals surface area (Å²) in [6.45, 7) is 0.407. The molecule has 0 fully saturated rings. The number of carbonyl (C=O) groups excluding carboxylic acids is 1. The van der Waals surface area contributed by atoms with Gasteiger partial charge < -0.3 is 15.4 Å². The van der Waals surface area contributed by atoms with Crippen LogP contribution in [0.1, 0.15) is 12.1 Å². The lowest BCUT2D eigenvalue weighted by Gasteiger charge is -2.02. The minimum atomic E-state index is -0.354. The van der Waals surface area contributed by atoms with Crippen molar-refractivity contribution in [2.45, 2.75) is 19.6 Å². The average molecular weight is 169 g/mol. The first kappa shape index (κ1) is 8.73. The van der Waals surface area contributed by atoms with E-state index in [1.807, 2.05) is 0 Å². The van der Waals surface area contributed by atoms with Gasteiger partial charge in [-0.05, 0) is 0 Å². The van der Waals surface area contributed by atoms with Crippen molar-refractivity contribution in [1.82, 2.24) is 9.55 Å². The predicted octanol–water partition coefficient (Wildman–Crippen LogP) is -0.749. The van der Waals surface area contributed by atoms with E-state index in [1.54, 1.807) is 17.1 Å². The van der Waals surface area contributed by atoms with Gasteiger partial charge in [0.1, 0.15) is 0 Å². The first-order valence-electron chi connectivity index (χ1n) is 3.62. The summed E-state index contributed by atoms with van der Waals surface area (Å²) in [6.07, 6.45) is 3.39. The molecule has 66 valence electrons. The standard InChI is InChI=1S/C7H11N3O2/c8-7(12)1-2-10-5-9-3-6(10)4-11/h3,5,11H,1-2,4H2,(H2,8,12). The lowest BCUT2D eigenvalue weighted by Crippen LogP contribution is -2.14. The number of carbonyl (C=O) groups is 1. The number of aromatic nitrogens is 2. The molecule has 0 saturated carbocycles. The summed E-state index contributed by atoms with van der Waals surface area (Å²) in [5.41, 5.74) is 5.66. The van der Waals surface area contributed by atoms with E-state index in [4.69, 9.17) is 10.8 Å². The van der Waals surface area contributed by atoms with Crippen molar-refractivity contribution in [1.29, 1.82) is 0 Å². The Hall–Kier alpha value is -1.36. The molecule has 1 heterocycles. The number of imidazole rings is 1. The van der Waals surface area contributed by atoms with Crippen LogP contribution in [-0.2, 0) is 17.9 Å². The Bertz CT molecular complexity index is 269. The van der Waals surface area contributed by atoms with E-state index in [-0.39, 0.29) is 18.9 Å². The van der Waals surface area contributed by atoms with Crippen LogP contribution in [-0.4, -0.2) is 20.6 Å². The van der Waals surface area contributed by atoms with Crippen LogP contribution in [0.2, 0.25) is 0 Å². The van der Waals surface area contributed by atoms with Gasteiger partial charge in [0.15, 0.2) is 0 Å². The summed E-state index contributed by atoms with van der Waals surface area (Å²) in [6, 6.07) is 0. The molecular formula is C7H11N3O2. The van der Waals surface area contributed by atoms with Crippen LogP contribution in [0.5, 0.6) is 0 Å². The van der Waals surface area contributed by atoms with Gasteiger partial charge in [-0.25, -0.2) is 4.98 Å². The number of primary amides is 1. The molecule has 0 aliphatic heterocycles. The third-order valence-electron chi connectivity index (χ3n) is 1.56. The zero-order valence-electron chi connectivity index (χ0n) is 6.60. The van der Waals surface area contributed by atoms with E-state index in [0.717, 1.165) is 0 Å². The van der Waals surface area contributed by atoms with Gasteiger partial charge in [-0.1, -0.05) is 0 Å². The number of amides is 1. The fourth-order valence-electron chi connectivity index (χ4n) is 0.912. The molecule has 0 bridgehead atoms. The largest absolute Gasteiger partial charge is 0.390 e. The van der Waals surface area contributed by atoms with Gasteiger partial charge in [-0.15, -0.1) is 0 Å². The highest BCUT2D eigenvalue weighted by Gasteiger charge is 2.01. The molecule has 5 heteroatoms. The van der Waals surface area contributed by atoms with Gasteiger partial charge in [0, 0.05) is 13.0 Å². The highest BCUT2D eigenvalue weighted by molar-refractivity contribution is 5.73. The second-order valence-electron chi connectivity index (χ2n) is 2.45. The zero-order valence-corrected chi connectivity index (χ0v) is 6.60. The monoisotopic (exact) mass is 169 g/mol. The molecule has 12 heavy (non-hydrogen) atoms. The Morgan fingerprint density at radius 1 is 1.75 bits per heavy atom. The van der Waals surface area contributed by atoms with Gasteiger partial charge >= 0.3 is 0 Å². The number of nitrogens with two attached hydrogens (primary N) is 1. The molecule has 1 aromatic rings. The molecule has 0 atom stereocenters. The topological polar surface area (TPSA) is 81.1 Å². The molecule has 0 aliphatic rings. The van der Waals surface area contributed by atoms with Crippen molar-refractivity contribution in [3.8, 4) is 0 Å². The van der Waals surface area contributed by atoms with Crippen molar-refractivity contribution in [2.24, 2.45) is 5.73 Å². The maximum atomic E-state index is 10.4. The van der Waals surface area contributed by atoms with Gasteiger partial charge in [-0.3, -0.25) is 4.79 Å². The van der Waals surface area contributed by atoms with E-state index in [2.05, 4.69) is 4.98 Å². The fraction of sp³-hybridized carbons (Fsp3) is 0.429. The second-order valence-corrected chi connectivity index (χ2v) is 2.45. The predicted molar refractivity (Wildman–Crippen MR) is 42.0 cm³/mol. The minimum absolute atomic E-state index is 0.0707. The van der Waals surface area contributed by atoms with E-state index in [0.29, 0.717) is 12.2 Å². The first-order valence-corrected chi connectivity index (χ1v) is 3.62. The number of aryl methyl sites for hydroxylation is 1. The van der Waals surface area contributed by atoms with E-state index in [9.17, 15) is 4.79 Å². The molecule has 0 unspecified atom stereocenters. The van der Waals surface area contributed by atoms with Gasteiger partial charge in [0.05, 0.1) is 24.8 Å². The smallest absolute Gasteiger partial charge is 0.219 e. The Labute approximate surface area is 69.8 Å². The number of aliphatic hydroxyl groups excluding tert-OH is 1. The van der Waals surface area contributed by atoms with E-state index >= 15 is 0 Å². The zero-order chi connectivity index (χ0) is 8.97. The molecule has 0 aromatic carbocycles. The average Bonchev–Trinajstić information content (AvgIpc) is 2.47. The fourth-order valence-corrected chi connectivity index (χ4v) is 0.912. The van der Waals surface area contributed by atoms with Gasteiger partial charge in [0.25, 0.3) is 0 Å². The minimum Gasteiger partial charge on any atom is -0.390 e. The molecule has 5 nitrogen and oxygen atoms in total. The number of aliphatic hydroxyl groups is 1. The van der Waals surface area contributed by atoms with Gasteiger partial charge in [0.2, 0.25) is 5.91 Å². The maximum Gasteiger partial charge on any atom is 0.219 e. The van der Waals surface area contributed by atoms with Crippen molar-refractivity contribution in [3.05, 3.63) is 18.2 Å². The van der Waals surface area contributed by atoms with Crippen LogP contribution in [0, 0.1) is 0 Å². The number of hydrogen-bond donors (Lipinski definition) is 2. The highest BCUT2D eigenvalue weighted by Crippen LogP contribution is 1.99. The SMILES string of the molecule is NC(=O)CCn1cncc1CO. The molecule has 0 radical (unpaired) electrons. The quantitative estimate of drug-likeness (QED) is 0.622. The normalized spacial score (nSPS) is 10.1. The van der Waals surface area contributed by atoms with Gasteiger partial charge in [-0.2, -0.15) is 0 Å². The van der Waals surface area contributed by atoms with Crippen molar-refractivity contribution >= 4 is 5.91 Å². The van der Waals surface area contributed by atoms with Crippen molar-refractivity contribution in [3.63, 3.8) is 0 Å². The molecule has 1 amide bonds. The third-order valence-corrected chi connectivity index (χ3v) is 1.56. The number of nitrogens with zero attached hydrogens (tertiary/aromatic N) is 2. The summed E-state index contributed by atoms with van der Waals surface area (Å²) in [7, 11) is 0. The Balaban J connectivity index is 2.56. The third kappa shape index (κ3) is 2.06. The second kappa shape index (κ2) is 3.87. The summed E-state index contributed by atoms with van der Waals surface area (Å²) in [4.78, 5) is 14.2. The van der Waals surface area contributed by atoms with E-state index in [1.165, 1.54) is 0 Å². The Morgan fingerprint density at radius 2 is 2.50 bits per heavy atom. The van der Waals surface area contributed by atoms with Crippen molar-refractivity contribution < 1.29 is 9.90 Å². The summed E-state index contributed by atoms with van der Waals surface area (Å²) >= 11 is 0. The molecule has 0 spiro atoms. The van der Waals surface area contributed by atoms with Crippen LogP contribution >= 0.6 is 0 Å². The van der Waals surface area contributed by atoms with Crippen LogP contribution in [0.25, 0.3) is 0 Å². The molecule has 0 saturated heterocycles. The number of rotatable bonds is 4. The summed E-state index contributed by atoms with van der Waals surface area (Å²) in [5.74, 6) is -0.354. The van der Waals surface area contributed by atoms with Crippen LogP contribution < -0.4 is 5.73 Å². The molecule has 3 N–H and O–H groups in total.